The second-order valence-corrected chi connectivity index (χ2v) is 5.65. The van der Waals surface area contributed by atoms with E-state index >= 15 is 0 Å². The Bertz CT molecular complexity index is 417. The standard InChI is InChI=1S/C15H26N4/c1-12-13(10-16-2)7-8-15(17-12)19-9-5-6-14(11-19)18(3)4/h7-8,14,16H,5-6,9-11H2,1-4H3. The molecule has 1 N–H and O–H groups in total. The minimum absolute atomic E-state index is 0.646. The van der Waals surface area contributed by atoms with Crippen molar-refractivity contribution in [3.05, 3.63) is 23.4 Å². The van der Waals surface area contributed by atoms with E-state index in [0.29, 0.717) is 6.04 Å². The number of rotatable bonds is 4. The second-order valence-electron chi connectivity index (χ2n) is 5.65. The maximum atomic E-state index is 4.78. The van der Waals surface area contributed by atoms with Crippen molar-refractivity contribution in [2.24, 2.45) is 0 Å². The molecule has 0 radical (unpaired) electrons. The van der Waals surface area contributed by atoms with E-state index in [1.807, 2.05) is 7.05 Å². The number of hydrogen-bond acceptors (Lipinski definition) is 4. The minimum Gasteiger partial charge on any atom is -0.355 e. The van der Waals surface area contributed by atoms with E-state index in [2.05, 4.69) is 48.3 Å². The first-order valence-electron chi connectivity index (χ1n) is 7.14. The zero-order chi connectivity index (χ0) is 13.8. The summed E-state index contributed by atoms with van der Waals surface area (Å²) < 4.78 is 0. The quantitative estimate of drug-likeness (QED) is 0.894. The molecule has 1 unspecified atom stereocenters. The highest BCUT2D eigenvalue weighted by Crippen LogP contribution is 2.21. The molecule has 0 amide bonds. The van der Waals surface area contributed by atoms with Crippen LogP contribution in [0.15, 0.2) is 12.1 Å². The molecule has 1 aliphatic heterocycles. The van der Waals surface area contributed by atoms with Gasteiger partial charge in [-0.2, -0.15) is 0 Å². The SMILES string of the molecule is CNCc1ccc(N2CCCC(N(C)C)C2)nc1C. The Kier molecular flexibility index (Phi) is 4.77. The lowest BCUT2D eigenvalue weighted by atomic mass is 10.0. The van der Waals surface area contributed by atoms with Crippen LogP contribution in [0.25, 0.3) is 0 Å². The minimum atomic E-state index is 0.646. The van der Waals surface area contributed by atoms with Gasteiger partial charge < -0.3 is 15.1 Å². The fourth-order valence-corrected chi connectivity index (χ4v) is 2.71. The summed E-state index contributed by atoms with van der Waals surface area (Å²) in [6.45, 7) is 5.20. The molecule has 1 aromatic heterocycles. The smallest absolute Gasteiger partial charge is 0.128 e. The Balaban J connectivity index is 2.11. The van der Waals surface area contributed by atoms with E-state index in [1.54, 1.807) is 0 Å². The molecule has 2 rings (SSSR count). The predicted octanol–water partition coefficient (Wildman–Crippen LogP) is 1.64. The van der Waals surface area contributed by atoms with Gasteiger partial charge in [0, 0.05) is 31.4 Å². The molecule has 0 bridgehead atoms. The van der Waals surface area contributed by atoms with Crippen LogP contribution in [-0.2, 0) is 6.54 Å². The predicted molar refractivity (Wildman–Crippen MR) is 80.7 cm³/mol. The van der Waals surface area contributed by atoms with Crippen LogP contribution >= 0.6 is 0 Å². The van der Waals surface area contributed by atoms with Crippen molar-refractivity contribution in [2.75, 3.05) is 39.1 Å². The molecule has 1 saturated heterocycles. The van der Waals surface area contributed by atoms with Crippen LogP contribution < -0.4 is 10.2 Å². The van der Waals surface area contributed by atoms with Crippen molar-refractivity contribution in [1.29, 1.82) is 0 Å². The molecule has 0 saturated carbocycles. The summed E-state index contributed by atoms with van der Waals surface area (Å²) in [5.74, 6) is 1.13. The van der Waals surface area contributed by atoms with Crippen molar-refractivity contribution in [3.63, 3.8) is 0 Å². The molecule has 106 valence electrons. The number of nitrogens with one attached hydrogen (secondary N) is 1. The Morgan fingerprint density at radius 1 is 1.42 bits per heavy atom. The number of aromatic nitrogens is 1. The number of anilines is 1. The lowest BCUT2D eigenvalue weighted by Gasteiger charge is -2.37. The maximum absolute atomic E-state index is 4.78. The normalized spacial score (nSPS) is 20.1. The van der Waals surface area contributed by atoms with Gasteiger partial charge in [-0.25, -0.2) is 4.98 Å². The van der Waals surface area contributed by atoms with E-state index in [4.69, 9.17) is 4.98 Å². The number of likely N-dealkylation sites (N-methyl/N-ethyl adjacent to an activating group) is 1. The maximum Gasteiger partial charge on any atom is 0.128 e. The van der Waals surface area contributed by atoms with Gasteiger partial charge in [0.25, 0.3) is 0 Å². The molecule has 2 heterocycles. The molecular weight excluding hydrogens is 236 g/mol. The van der Waals surface area contributed by atoms with Gasteiger partial charge in [-0.3, -0.25) is 0 Å². The molecule has 0 aliphatic carbocycles. The van der Waals surface area contributed by atoms with Gasteiger partial charge in [0.15, 0.2) is 0 Å². The van der Waals surface area contributed by atoms with Crippen molar-refractivity contribution in [2.45, 2.75) is 32.4 Å². The summed E-state index contributed by atoms with van der Waals surface area (Å²) >= 11 is 0. The molecule has 4 heteroatoms. The summed E-state index contributed by atoms with van der Waals surface area (Å²) in [6.07, 6.45) is 2.54. The van der Waals surface area contributed by atoms with Gasteiger partial charge in [-0.05, 0) is 52.5 Å². The van der Waals surface area contributed by atoms with E-state index in [-0.39, 0.29) is 0 Å². The monoisotopic (exact) mass is 262 g/mol. The number of nitrogens with zero attached hydrogens (tertiary/aromatic N) is 3. The second kappa shape index (κ2) is 6.35. The fraction of sp³-hybridized carbons (Fsp3) is 0.667. The van der Waals surface area contributed by atoms with Gasteiger partial charge in [-0.15, -0.1) is 0 Å². The fourth-order valence-electron chi connectivity index (χ4n) is 2.71. The van der Waals surface area contributed by atoms with Crippen molar-refractivity contribution in [3.8, 4) is 0 Å². The van der Waals surface area contributed by atoms with Crippen LogP contribution in [0.5, 0.6) is 0 Å². The molecule has 1 atom stereocenters. The van der Waals surface area contributed by atoms with Gasteiger partial charge >= 0.3 is 0 Å². The number of piperidine rings is 1. The highest BCUT2D eigenvalue weighted by atomic mass is 15.2. The summed E-state index contributed by atoms with van der Waals surface area (Å²) in [7, 11) is 6.31. The Hall–Kier alpha value is -1.13. The first-order chi connectivity index (χ1) is 9.11. The average Bonchev–Trinajstić information content (AvgIpc) is 2.41. The average molecular weight is 262 g/mol. The summed E-state index contributed by atoms with van der Waals surface area (Å²) in [4.78, 5) is 9.53. The van der Waals surface area contributed by atoms with E-state index in [0.717, 1.165) is 31.1 Å². The first kappa shape index (κ1) is 14.3. The number of hydrogen-bond donors (Lipinski definition) is 1. The molecule has 0 aromatic carbocycles. The highest BCUT2D eigenvalue weighted by molar-refractivity contribution is 5.42. The van der Waals surface area contributed by atoms with Crippen molar-refractivity contribution >= 4 is 5.82 Å². The molecule has 1 aromatic rings. The van der Waals surface area contributed by atoms with Gasteiger partial charge in [0.1, 0.15) is 5.82 Å². The van der Waals surface area contributed by atoms with Gasteiger partial charge in [-0.1, -0.05) is 6.07 Å². The lowest BCUT2D eigenvalue weighted by molar-refractivity contribution is 0.257. The van der Waals surface area contributed by atoms with Crippen LogP contribution in [0.1, 0.15) is 24.1 Å². The van der Waals surface area contributed by atoms with E-state index in [1.165, 1.54) is 18.4 Å². The molecule has 4 nitrogen and oxygen atoms in total. The Labute approximate surface area is 116 Å². The molecule has 1 fully saturated rings. The van der Waals surface area contributed by atoms with Gasteiger partial charge in [0.05, 0.1) is 0 Å². The highest BCUT2D eigenvalue weighted by Gasteiger charge is 2.22. The Morgan fingerprint density at radius 3 is 2.84 bits per heavy atom. The number of pyridine rings is 1. The number of aryl methyl sites for hydroxylation is 1. The third kappa shape index (κ3) is 3.45. The first-order valence-corrected chi connectivity index (χ1v) is 7.14. The van der Waals surface area contributed by atoms with Crippen LogP contribution in [0.2, 0.25) is 0 Å². The molecule has 19 heavy (non-hydrogen) atoms. The zero-order valence-corrected chi connectivity index (χ0v) is 12.6. The van der Waals surface area contributed by atoms with Crippen LogP contribution in [-0.4, -0.2) is 50.2 Å². The molecule has 0 spiro atoms. The molecule has 1 aliphatic rings. The van der Waals surface area contributed by atoms with Crippen LogP contribution in [0.3, 0.4) is 0 Å². The van der Waals surface area contributed by atoms with Gasteiger partial charge in [0.2, 0.25) is 0 Å². The summed E-state index contributed by atoms with van der Waals surface area (Å²) in [6, 6.07) is 5.01. The summed E-state index contributed by atoms with van der Waals surface area (Å²) in [5.41, 5.74) is 2.42. The third-order valence-electron chi connectivity index (χ3n) is 4.00. The van der Waals surface area contributed by atoms with E-state index < -0.39 is 0 Å². The lowest BCUT2D eigenvalue weighted by Crippen LogP contribution is -2.45. The largest absolute Gasteiger partial charge is 0.355 e. The molecular formula is C15H26N4. The van der Waals surface area contributed by atoms with Crippen molar-refractivity contribution < 1.29 is 0 Å². The van der Waals surface area contributed by atoms with Crippen LogP contribution in [0, 0.1) is 6.92 Å². The van der Waals surface area contributed by atoms with Crippen molar-refractivity contribution in [1.82, 2.24) is 15.2 Å². The van der Waals surface area contributed by atoms with E-state index in [9.17, 15) is 0 Å². The summed E-state index contributed by atoms with van der Waals surface area (Å²) in [5, 5.41) is 3.19. The zero-order valence-electron chi connectivity index (χ0n) is 12.6. The topological polar surface area (TPSA) is 31.4 Å². The Morgan fingerprint density at radius 2 is 2.21 bits per heavy atom. The van der Waals surface area contributed by atoms with Crippen LogP contribution in [0.4, 0.5) is 5.82 Å². The third-order valence-corrected chi connectivity index (χ3v) is 4.00.